The Morgan fingerprint density at radius 1 is 1.36 bits per heavy atom. The van der Waals surface area contributed by atoms with Gasteiger partial charge in [-0.15, -0.1) is 0 Å². The summed E-state index contributed by atoms with van der Waals surface area (Å²) in [5.74, 6) is 0.810. The number of hydrogen-bond acceptors (Lipinski definition) is 4. The van der Waals surface area contributed by atoms with Gasteiger partial charge in [0.2, 0.25) is 0 Å². The largest absolute Gasteiger partial charge is 0.381 e. The Morgan fingerprint density at radius 2 is 2.18 bits per heavy atom. The number of nitrogens with zero attached hydrogens (tertiary/aromatic N) is 4. The summed E-state index contributed by atoms with van der Waals surface area (Å²) in [6.07, 6.45) is 5.84. The number of aromatic amines is 1. The number of ether oxygens (including phenoxy) is 1. The molecule has 0 radical (unpaired) electrons. The van der Waals surface area contributed by atoms with Gasteiger partial charge in [-0.1, -0.05) is 0 Å². The molecule has 1 aliphatic rings. The fourth-order valence-electron chi connectivity index (χ4n) is 2.86. The zero-order valence-electron chi connectivity index (χ0n) is 12.2. The number of halogens is 1. The minimum absolute atomic E-state index is 0.412. The summed E-state index contributed by atoms with van der Waals surface area (Å²) in [4.78, 5) is 12.2. The Labute approximate surface area is 136 Å². The molecule has 3 aromatic rings. The van der Waals surface area contributed by atoms with Gasteiger partial charge < -0.3 is 9.72 Å². The van der Waals surface area contributed by atoms with Crippen molar-refractivity contribution in [1.29, 1.82) is 0 Å². The molecule has 22 heavy (non-hydrogen) atoms. The Bertz CT molecular complexity index is 819. The summed E-state index contributed by atoms with van der Waals surface area (Å²) < 4.78 is 8.44. The van der Waals surface area contributed by atoms with E-state index in [0.717, 1.165) is 53.1 Å². The summed E-state index contributed by atoms with van der Waals surface area (Å²) in [5.41, 5.74) is 3.62. The lowest BCUT2D eigenvalue weighted by Crippen LogP contribution is -2.19. The van der Waals surface area contributed by atoms with Crippen molar-refractivity contribution in [2.24, 2.45) is 0 Å². The van der Waals surface area contributed by atoms with E-state index in [1.165, 1.54) is 0 Å². The lowest BCUT2D eigenvalue weighted by molar-refractivity contribution is 0.0662. The molecule has 0 amide bonds. The summed E-state index contributed by atoms with van der Waals surface area (Å²) in [7, 11) is 0. The molecule has 0 spiro atoms. The quantitative estimate of drug-likeness (QED) is 0.760. The number of hydrogen-bond donors (Lipinski definition) is 1. The van der Waals surface area contributed by atoms with Crippen molar-refractivity contribution in [3.8, 4) is 11.4 Å². The fourth-order valence-corrected chi connectivity index (χ4v) is 3.25. The van der Waals surface area contributed by atoms with Crippen LogP contribution in [0.1, 0.15) is 24.6 Å². The highest BCUT2D eigenvalue weighted by atomic mass is 79.9. The topological polar surface area (TPSA) is 68.6 Å². The van der Waals surface area contributed by atoms with E-state index in [-0.39, 0.29) is 0 Å². The molecule has 0 saturated carbocycles. The summed E-state index contributed by atoms with van der Waals surface area (Å²) in [6, 6.07) is 2.32. The molecule has 0 unspecified atom stereocenters. The second-order valence-electron chi connectivity index (χ2n) is 5.53. The van der Waals surface area contributed by atoms with E-state index in [4.69, 9.17) is 4.74 Å². The van der Waals surface area contributed by atoms with Crippen molar-refractivity contribution in [1.82, 2.24) is 24.7 Å². The molecule has 114 valence electrons. The van der Waals surface area contributed by atoms with Gasteiger partial charge in [0.15, 0.2) is 5.65 Å². The third kappa shape index (κ3) is 2.34. The SMILES string of the molecule is Cc1nn(C2CCOCC2)cc1-c1nc2nccc(Br)c2[nH]1. The van der Waals surface area contributed by atoms with Crippen LogP contribution in [0.4, 0.5) is 0 Å². The highest BCUT2D eigenvalue weighted by Crippen LogP contribution is 2.28. The number of fused-ring (bicyclic) bond motifs is 1. The van der Waals surface area contributed by atoms with Crippen LogP contribution in [-0.4, -0.2) is 37.9 Å². The summed E-state index contributed by atoms with van der Waals surface area (Å²) in [5, 5.41) is 4.67. The van der Waals surface area contributed by atoms with Crippen LogP contribution in [0.2, 0.25) is 0 Å². The van der Waals surface area contributed by atoms with Gasteiger partial charge in [-0.25, -0.2) is 9.97 Å². The summed E-state index contributed by atoms with van der Waals surface area (Å²) in [6.45, 7) is 3.63. The van der Waals surface area contributed by atoms with E-state index < -0.39 is 0 Å². The van der Waals surface area contributed by atoms with Gasteiger partial charge in [-0.05, 0) is 41.8 Å². The number of aryl methyl sites for hydroxylation is 1. The maximum atomic E-state index is 5.42. The molecule has 0 bridgehead atoms. The van der Waals surface area contributed by atoms with Gasteiger partial charge >= 0.3 is 0 Å². The van der Waals surface area contributed by atoms with Crippen LogP contribution in [0.5, 0.6) is 0 Å². The van der Waals surface area contributed by atoms with E-state index in [2.05, 4.69) is 46.9 Å². The molecule has 1 aliphatic heterocycles. The molecule has 4 rings (SSSR count). The Balaban J connectivity index is 1.74. The smallest absolute Gasteiger partial charge is 0.179 e. The second-order valence-corrected chi connectivity index (χ2v) is 6.38. The molecular formula is C15H16BrN5O. The minimum atomic E-state index is 0.412. The standard InChI is InChI=1S/C15H16BrN5O/c1-9-11(8-21(20-9)10-3-6-22-7-4-10)14-18-13-12(16)2-5-17-15(13)19-14/h2,5,8,10H,3-4,6-7H2,1H3,(H,17,18,19). The number of H-pyrrole nitrogens is 1. The number of rotatable bonds is 2. The Hall–Kier alpha value is -1.73. The molecule has 3 aromatic heterocycles. The van der Waals surface area contributed by atoms with E-state index >= 15 is 0 Å². The zero-order chi connectivity index (χ0) is 15.1. The van der Waals surface area contributed by atoms with Crippen molar-refractivity contribution < 1.29 is 4.74 Å². The molecule has 0 aliphatic carbocycles. The fraction of sp³-hybridized carbons (Fsp3) is 0.400. The average molecular weight is 362 g/mol. The van der Waals surface area contributed by atoms with Crippen LogP contribution >= 0.6 is 15.9 Å². The van der Waals surface area contributed by atoms with Gasteiger partial charge in [0.25, 0.3) is 0 Å². The maximum Gasteiger partial charge on any atom is 0.179 e. The van der Waals surface area contributed by atoms with Crippen molar-refractivity contribution in [2.45, 2.75) is 25.8 Å². The maximum absolute atomic E-state index is 5.42. The van der Waals surface area contributed by atoms with Gasteiger partial charge in [0, 0.05) is 30.1 Å². The van der Waals surface area contributed by atoms with E-state index in [1.807, 2.05) is 13.0 Å². The van der Waals surface area contributed by atoms with Gasteiger partial charge in [0.1, 0.15) is 5.82 Å². The van der Waals surface area contributed by atoms with Gasteiger partial charge in [0.05, 0.1) is 22.8 Å². The van der Waals surface area contributed by atoms with Crippen LogP contribution in [0.25, 0.3) is 22.6 Å². The predicted molar refractivity (Wildman–Crippen MR) is 86.6 cm³/mol. The first-order valence-electron chi connectivity index (χ1n) is 7.36. The first-order valence-corrected chi connectivity index (χ1v) is 8.16. The van der Waals surface area contributed by atoms with E-state index in [1.54, 1.807) is 6.20 Å². The predicted octanol–water partition coefficient (Wildman–Crippen LogP) is 3.24. The molecule has 6 nitrogen and oxygen atoms in total. The van der Waals surface area contributed by atoms with Gasteiger partial charge in [-0.2, -0.15) is 5.10 Å². The molecule has 0 atom stereocenters. The van der Waals surface area contributed by atoms with E-state index in [9.17, 15) is 0 Å². The molecule has 1 saturated heterocycles. The highest BCUT2D eigenvalue weighted by Gasteiger charge is 2.20. The normalized spacial score (nSPS) is 16.5. The third-order valence-corrected chi connectivity index (χ3v) is 4.74. The van der Waals surface area contributed by atoms with Crippen LogP contribution in [0.3, 0.4) is 0 Å². The molecule has 1 fully saturated rings. The lowest BCUT2D eigenvalue weighted by atomic mass is 10.1. The van der Waals surface area contributed by atoms with Gasteiger partial charge in [-0.3, -0.25) is 4.68 Å². The summed E-state index contributed by atoms with van der Waals surface area (Å²) >= 11 is 3.52. The van der Waals surface area contributed by atoms with Crippen molar-refractivity contribution in [3.05, 3.63) is 28.6 Å². The Kier molecular flexibility index (Phi) is 3.46. The minimum Gasteiger partial charge on any atom is -0.381 e. The van der Waals surface area contributed by atoms with E-state index in [0.29, 0.717) is 11.7 Å². The third-order valence-electron chi connectivity index (χ3n) is 4.08. The highest BCUT2D eigenvalue weighted by molar-refractivity contribution is 9.10. The van der Waals surface area contributed by atoms with Crippen LogP contribution in [0.15, 0.2) is 22.9 Å². The van der Waals surface area contributed by atoms with Crippen LogP contribution in [0, 0.1) is 6.92 Å². The lowest BCUT2D eigenvalue weighted by Gasteiger charge is -2.22. The Morgan fingerprint density at radius 3 is 2.95 bits per heavy atom. The molecule has 1 N–H and O–H groups in total. The number of nitrogens with one attached hydrogen (secondary N) is 1. The number of pyridine rings is 1. The number of aromatic nitrogens is 5. The van der Waals surface area contributed by atoms with Crippen molar-refractivity contribution in [2.75, 3.05) is 13.2 Å². The molecular weight excluding hydrogens is 346 g/mol. The second kappa shape index (κ2) is 5.48. The van der Waals surface area contributed by atoms with Crippen LogP contribution in [-0.2, 0) is 4.74 Å². The number of imidazole rings is 1. The molecule has 0 aromatic carbocycles. The van der Waals surface area contributed by atoms with Crippen molar-refractivity contribution >= 4 is 27.1 Å². The molecule has 7 heteroatoms. The zero-order valence-corrected chi connectivity index (χ0v) is 13.8. The van der Waals surface area contributed by atoms with Crippen LogP contribution < -0.4 is 0 Å². The molecule has 4 heterocycles. The first-order chi connectivity index (χ1) is 10.7. The average Bonchev–Trinajstić information content (AvgIpc) is 3.12. The first kappa shape index (κ1) is 13.9. The van der Waals surface area contributed by atoms with Crippen molar-refractivity contribution in [3.63, 3.8) is 0 Å². The monoisotopic (exact) mass is 361 g/mol.